The van der Waals surface area contributed by atoms with E-state index in [2.05, 4.69) is 59.8 Å². The second-order valence-corrected chi connectivity index (χ2v) is 26.3. The number of hydrogen-bond donors (Lipinski definition) is 9. The van der Waals surface area contributed by atoms with E-state index in [1.807, 2.05) is 85.7 Å². The first-order valence-corrected chi connectivity index (χ1v) is 30.7. The Balaban J connectivity index is 1.75. The van der Waals surface area contributed by atoms with Crippen LogP contribution in [0.15, 0.2) is 36.5 Å². The van der Waals surface area contributed by atoms with Crippen molar-refractivity contribution in [3.63, 3.8) is 0 Å². The molecule has 0 aliphatic carbocycles. The van der Waals surface area contributed by atoms with E-state index >= 15 is 0 Å². The van der Waals surface area contributed by atoms with E-state index in [0.717, 1.165) is 37.5 Å². The molecule has 2 heterocycles. The van der Waals surface area contributed by atoms with Crippen molar-refractivity contribution in [3.8, 4) is 0 Å². The topological polar surface area (TPSA) is 298 Å². The Hall–Kier alpha value is -6.71. The Labute approximate surface area is 505 Å². The minimum atomic E-state index is -1.64. The molecular formula is C63H104N12O10. The molecule has 0 bridgehead atoms. The molecule has 476 valence electrons. The van der Waals surface area contributed by atoms with Gasteiger partial charge in [-0.25, -0.2) is 0 Å². The summed E-state index contributed by atoms with van der Waals surface area (Å²) in [6.07, 6.45) is 9.04. The lowest BCUT2D eigenvalue weighted by Gasteiger charge is -2.34. The molecule has 22 nitrogen and oxygen atoms in total. The molecule has 6 atom stereocenters. The Bertz CT molecular complexity index is 2600. The highest BCUT2D eigenvalue weighted by atomic mass is 16.2. The molecule has 1 fully saturated rings. The molecule has 9 N–H and O–H groups in total. The zero-order valence-corrected chi connectivity index (χ0v) is 53.9. The van der Waals surface area contributed by atoms with Crippen molar-refractivity contribution in [2.45, 2.75) is 233 Å². The number of fused-ring (bicyclic) bond motifs is 1. The maximum absolute atomic E-state index is 14.4. The van der Waals surface area contributed by atoms with E-state index in [4.69, 9.17) is 0 Å². The monoisotopic (exact) mass is 1190 g/mol. The smallest absolute Gasteiger partial charge is 0.254 e. The van der Waals surface area contributed by atoms with Gasteiger partial charge in [0.1, 0.15) is 46.8 Å². The van der Waals surface area contributed by atoms with Gasteiger partial charge in [-0.15, -0.1) is 0 Å². The molecule has 0 saturated carbocycles. The molecule has 22 heteroatoms. The van der Waals surface area contributed by atoms with Gasteiger partial charge in [0.25, 0.3) is 5.91 Å². The van der Waals surface area contributed by atoms with Gasteiger partial charge in [0.15, 0.2) is 0 Å². The van der Waals surface area contributed by atoms with Gasteiger partial charge in [0, 0.05) is 49.2 Å². The number of likely N-dealkylation sites (N-methyl/N-ethyl adjacent to an activating group) is 1. The normalized spacial score (nSPS) is 15.6. The lowest BCUT2D eigenvalue weighted by molar-refractivity contribution is -0.139. The van der Waals surface area contributed by atoms with Crippen LogP contribution >= 0.6 is 0 Å². The molecule has 1 aliphatic rings. The summed E-state index contributed by atoms with van der Waals surface area (Å²) in [5.41, 5.74) is -3.63. The number of carbonyl (C=O) groups is 10. The van der Waals surface area contributed by atoms with E-state index in [-0.39, 0.29) is 74.3 Å². The van der Waals surface area contributed by atoms with Crippen molar-refractivity contribution in [1.29, 1.82) is 0 Å². The van der Waals surface area contributed by atoms with E-state index in [9.17, 15) is 47.9 Å². The summed E-state index contributed by atoms with van der Waals surface area (Å²) in [6.45, 7) is 25.1. The van der Waals surface area contributed by atoms with Crippen molar-refractivity contribution in [2.75, 3.05) is 33.7 Å². The van der Waals surface area contributed by atoms with Crippen LogP contribution in [0.5, 0.6) is 0 Å². The van der Waals surface area contributed by atoms with Gasteiger partial charge >= 0.3 is 0 Å². The number of hydrogen-bond acceptors (Lipinski definition) is 12. The van der Waals surface area contributed by atoms with Gasteiger partial charge < -0.3 is 57.7 Å². The third-order valence-corrected chi connectivity index (χ3v) is 14.8. The molecule has 1 aromatic heterocycles. The summed E-state index contributed by atoms with van der Waals surface area (Å²) in [4.78, 5) is 147. The molecule has 1 aromatic carbocycles. The van der Waals surface area contributed by atoms with E-state index < -0.39 is 94.1 Å². The van der Waals surface area contributed by atoms with Gasteiger partial charge in [-0.1, -0.05) is 99.1 Å². The molecule has 0 radical (unpaired) electrons. The molecule has 3 rings (SSSR count). The van der Waals surface area contributed by atoms with E-state index in [0.29, 0.717) is 43.4 Å². The number of amides is 10. The van der Waals surface area contributed by atoms with Crippen LogP contribution in [0, 0.1) is 17.8 Å². The van der Waals surface area contributed by atoms with Gasteiger partial charge in [-0.2, -0.15) is 0 Å². The fourth-order valence-electron chi connectivity index (χ4n) is 10.2. The summed E-state index contributed by atoms with van der Waals surface area (Å²) in [6, 6.07) is 3.54. The third-order valence-electron chi connectivity index (χ3n) is 14.8. The third kappa shape index (κ3) is 24.3. The number of nitrogens with one attached hydrogen (secondary N) is 9. The SMILES string of the molecule is CCCCCCCC[C@H](NC(=O)[C@@H]1CCCN1C(=O)c1ccc2cccnc2c1)C(=O)N[C@@H](CC(C)C)C(=O)NC(C)(C)C(=O)N[C@@H](CC(C)C)C(=O)N[C@@H](CC(C)C)C(=O)NC(C)(C)C(=O)NC(C)(C)C(=O)NCCC(=O)N[C@@H](C)CN(C)C. The second-order valence-electron chi connectivity index (χ2n) is 26.3. The first-order valence-electron chi connectivity index (χ1n) is 30.7. The van der Waals surface area contributed by atoms with Gasteiger partial charge in [-0.3, -0.25) is 52.9 Å². The highest BCUT2D eigenvalue weighted by Crippen LogP contribution is 2.24. The van der Waals surface area contributed by atoms with Gasteiger partial charge in [-0.05, 0) is 137 Å². The van der Waals surface area contributed by atoms with Gasteiger partial charge in [0.2, 0.25) is 53.2 Å². The van der Waals surface area contributed by atoms with E-state index in [1.165, 1.54) is 46.4 Å². The first kappa shape index (κ1) is 72.5. The van der Waals surface area contributed by atoms with Crippen LogP contribution in [0.2, 0.25) is 0 Å². The van der Waals surface area contributed by atoms with Crippen LogP contribution in [0.4, 0.5) is 0 Å². The second kappa shape index (κ2) is 33.8. The van der Waals surface area contributed by atoms with Crippen molar-refractivity contribution < 1.29 is 47.9 Å². The average Bonchev–Trinajstić information content (AvgIpc) is 4.20. The summed E-state index contributed by atoms with van der Waals surface area (Å²) in [5.74, 6) is -5.91. The van der Waals surface area contributed by atoms with Crippen molar-refractivity contribution in [1.82, 2.24) is 62.6 Å². The minimum absolute atomic E-state index is 0.0269. The molecule has 2 aromatic rings. The standard InChI is InChI=1S/C63H104N12O10/c1-17-18-19-20-21-22-26-45(67-56(81)50-27-24-33-75(50)57(82)44-29-28-43-25-23-31-64-46(43)37-44)52(77)68-48(35-40(4)5)54(79)71-62(11,12)59(84)70-47(34-39(2)3)53(78)69-49(36-41(6)7)55(80)72-63(13,14)60(85)73-61(9,10)58(83)65-32-30-51(76)66-42(8)38-74(15)16/h23,25,28-29,31,37,39-42,45,47-50H,17-22,24,26-27,30,32-36,38H2,1-16H3,(H,65,83)(H,66,76)(H,67,81)(H,68,77)(H,69,78)(H,70,84)(H,71,79)(H,72,80)(H,73,85)/t42-,45-,47-,48-,49-,50-/m0/s1. The minimum Gasteiger partial charge on any atom is -0.354 e. The Morgan fingerprint density at radius 3 is 1.71 bits per heavy atom. The number of nitrogens with zero attached hydrogens (tertiary/aromatic N) is 3. The van der Waals surface area contributed by atoms with Crippen LogP contribution in [0.1, 0.15) is 191 Å². The summed E-state index contributed by atoms with van der Waals surface area (Å²) in [5, 5.41) is 26.1. The predicted molar refractivity (Wildman–Crippen MR) is 330 cm³/mol. The van der Waals surface area contributed by atoms with Crippen molar-refractivity contribution in [3.05, 3.63) is 42.1 Å². The Morgan fingerprint density at radius 1 is 0.612 bits per heavy atom. The molecule has 0 unspecified atom stereocenters. The molecule has 1 aliphatic heterocycles. The Kier molecular flexibility index (Phi) is 28.9. The summed E-state index contributed by atoms with van der Waals surface area (Å²) >= 11 is 0. The predicted octanol–water partition coefficient (Wildman–Crippen LogP) is 4.92. The number of benzene rings is 1. The number of likely N-dealkylation sites (tertiary alicyclic amines) is 1. The quantitative estimate of drug-likeness (QED) is 0.0416. The average molecular weight is 1190 g/mol. The van der Waals surface area contributed by atoms with Crippen LogP contribution in [0.3, 0.4) is 0 Å². The Morgan fingerprint density at radius 2 is 1.14 bits per heavy atom. The molecule has 0 spiro atoms. The van der Waals surface area contributed by atoms with Crippen LogP contribution in [-0.2, 0) is 43.2 Å². The lowest BCUT2D eigenvalue weighted by atomic mass is 9.96. The summed E-state index contributed by atoms with van der Waals surface area (Å²) < 4.78 is 0. The number of rotatable bonds is 35. The van der Waals surface area contributed by atoms with Crippen molar-refractivity contribution in [2.24, 2.45) is 17.8 Å². The highest BCUT2D eigenvalue weighted by Gasteiger charge is 2.41. The van der Waals surface area contributed by atoms with Crippen molar-refractivity contribution >= 4 is 70.0 Å². The maximum Gasteiger partial charge on any atom is 0.254 e. The number of unbranched alkanes of at least 4 members (excludes halogenated alkanes) is 5. The largest absolute Gasteiger partial charge is 0.354 e. The molecular weight excluding hydrogens is 1080 g/mol. The first-order chi connectivity index (χ1) is 39.7. The molecule has 10 amide bonds. The lowest BCUT2D eigenvalue weighted by Crippen LogP contribution is -2.65. The zero-order chi connectivity index (χ0) is 64.0. The van der Waals surface area contributed by atoms with E-state index in [1.54, 1.807) is 18.3 Å². The van der Waals surface area contributed by atoms with Crippen LogP contribution in [0.25, 0.3) is 10.9 Å². The summed E-state index contributed by atoms with van der Waals surface area (Å²) in [7, 11) is 3.79. The van der Waals surface area contributed by atoms with Crippen LogP contribution < -0.4 is 47.9 Å². The van der Waals surface area contributed by atoms with Gasteiger partial charge in [0.05, 0.1) is 5.52 Å². The number of pyridine rings is 1. The maximum atomic E-state index is 14.4. The molecule has 1 saturated heterocycles. The fraction of sp³-hybridized carbons (Fsp3) is 0.698. The zero-order valence-electron chi connectivity index (χ0n) is 53.9. The number of aromatic nitrogens is 1. The highest BCUT2D eigenvalue weighted by molar-refractivity contribution is 6.02. The molecule has 85 heavy (non-hydrogen) atoms. The fourth-order valence-corrected chi connectivity index (χ4v) is 10.2. The number of carbonyl (C=O) groups excluding carboxylic acids is 10. The van der Waals surface area contributed by atoms with Crippen LogP contribution in [-0.4, -0.2) is 160 Å².